The maximum Gasteiger partial charge on any atom is 1.00 e. The van der Waals surface area contributed by atoms with E-state index in [0.717, 1.165) is 25.0 Å². The molecule has 0 bridgehead atoms. The fourth-order valence-corrected chi connectivity index (χ4v) is 3.13. The second-order valence-electron chi connectivity index (χ2n) is 6.80. The topological polar surface area (TPSA) is 66.4 Å². The maximum atomic E-state index is 11.0. The molecule has 0 N–H and O–H groups in total. The summed E-state index contributed by atoms with van der Waals surface area (Å²) in [5.41, 5.74) is 2.53. The Hall–Kier alpha value is -0.0700. The average molecular weight is 393 g/mol. The predicted molar refractivity (Wildman–Crippen MR) is 102 cm³/mol. The molecule has 0 aliphatic carbocycles. The van der Waals surface area contributed by atoms with Crippen molar-refractivity contribution in [2.24, 2.45) is 0 Å². The zero-order valence-electron chi connectivity index (χ0n) is 16.9. The molecule has 0 fully saturated rings. The Bertz CT molecular complexity index is 602. The van der Waals surface area contributed by atoms with Gasteiger partial charge in [-0.3, -0.25) is 0 Å². The van der Waals surface area contributed by atoms with Crippen molar-refractivity contribution in [2.45, 2.75) is 83.8 Å². The van der Waals surface area contributed by atoms with Crippen molar-refractivity contribution in [1.29, 1.82) is 0 Å². The van der Waals surface area contributed by atoms with E-state index in [-0.39, 0.29) is 42.6 Å². The molecular weight excluding hydrogens is 359 g/mol. The van der Waals surface area contributed by atoms with Crippen molar-refractivity contribution in [1.82, 2.24) is 0 Å². The Balaban J connectivity index is 0.00000625. The van der Waals surface area contributed by atoms with Crippen molar-refractivity contribution < 1.29 is 47.3 Å². The number of unbranched alkanes of at least 4 members (excludes halogenated alkanes) is 4. The smallest absolute Gasteiger partial charge is 0.748 e. The first-order valence-corrected chi connectivity index (χ1v) is 11.0. The number of hydrogen-bond donors (Lipinski definition) is 0. The van der Waals surface area contributed by atoms with Gasteiger partial charge in [-0.2, -0.15) is 0 Å². The van der Waals surface area contributed by atoms with Gasteiger partial charge < -0.3 is 9.29 Å². The number of ether oxygens (including phenoxy) is 1. The van der Waals surface area contributed by atoms with E-state index in [2.05, 4.69) is 26.0 Å². The summed E-state index contributed by atoms with van der Waals surface area (Å²) in [5.74, 6) is 0.825. The molecule has 1 aromatic carbocycles. The van der Waals surface area contributed by atoms with Crippen LogP contribution in [0.15, 0.2) is 18.2 Å². The number of rotatable bonds is 13. The van der Waals surface area contributed by atoms with Gasteiger partial charge in [-0.05, 0) is 56.2 Å². The Labute approximate surface area is 182 Å². The van der Waals surface area contributed by atoms with Crippen LogP contribution in [0, 0.1) is 0 Å². The molecule has 0 spiro atoms. The average Bonchev–Trinajstić information content (AvgIpc) is 2.56. The molecule has 1 rings (SSSR count). The van der Waals surface area contributed by atoms with Crippen LogP contribution in [0.2, 0.25) is 0 Å². The molecule has 1 atom stereocenters. The predicted octanol–water partition coefficient (Wildman–Crippen LogP) is 1.86. The minimum Gasteiger partial charge on any atom is -0.748 e. The molecule has 0 amide bonds. The first kappa shape index (κ1) is 25.9. The van der Waals surface area contributed by atoms with Gasteiger partial charge in [0.2, 0.25) is 0 Å². The van der Waals surface area contributed by atoms with E-state index in [0.29, 0.717) is 0 Å². The summed E-state index contributed by atoms with van der Waals surface area (Å²) in [6, 6.07) is 6.33. The van der Waals surface area contributed by atoms with Crippen molar-refractivity contribution in [3.63, 3.8) is 0 Å². The Morgan fingerprint density at radius 3 is 2.23 bits per heavy atom. The van der Waals surface area contributed by atoms with E-state index in [1.807, 2.05) is 6.07 Å². The molecule has 4 nitrogen and oxygen atoms in total. The minimum atomic E-state index is -4.23. The third-order valence-electron chi connectivity index (χ3n) is 4.52. The second-order valence-corrected chi connectivity index (χ2v) is 8.59. The molecule has 0 saturated carbocycles. The molecule has 1 aromatic rings. The number of aryl methyl sites for hydroxylation is 2. The molecule has 0 radical (unpaired) electrons. The van der Waals surface area contributed by atoms with Gasteiger partial charge in [-0.1, -0.05) is 51.7 Å². The van der Waals surface area contributed by atoms with Gasteiger partial charge in [0.1, 0.15) is 5.75 Å². The van der Waals surface area contributed by atoms with Crippen LogP contribution in [-0.4, -0.2) is 24.8 Å². The zero-order valence-corrected chi connectivity index (χ0v) is 19.7. The summed E-state index contributed by atoms with van der Waals surface area (Å²) in [4.78, 5) is 0. The molecule has 0 aliphatic heterocycles. The summed E-state index contributed by atoms with van der Waals surface area (Å²) in [7, 11) is -4.23. The van der Waals surface area contributed by atoms with Gasteiger partial charge in [-0.15, -0.1) is 0 Å². The maximum absolute atomic E-state index is 11.0. The van der Waals surface area contributed by atoms with Crippen LogP contribution in [0.5, 0.6) is 5.75 Å². The SMILES string of the molecule is CCCCCc1ccc(OCCC(C)S(=O)(=O)[O-])c(CCCCC)c1.[Na+]. The van der Waals surface area contributed by atoms with Gasteiger partial charge in [0.25, 0.3) is 0 Å². The fraction of sp³-hybridized carbons (Fsp3) is 0.700. The largest absolute Gasteiger partial charge is 1.00 e. The molecular formula is C20H33NaO4S. The van der Waals surface area contributed by atoms with Crippen LogP contribution in [-0.2, 0) is 23.0 Å². The third kappa shape index (κ3) is 10.3. The van der Waals surface area contributed by atoms with Gasteiger partial charge >= 0.3 is 29.6 Å². The monoisotopic (exact) mass is 392 g/mol. The molecule has 6 heteroatoms. The van der Waals surface area contributed by atoms with Crippen LogP contribution in [0.1, 0.15) is 76.8 Å². The van der Waals surface area contributed by atoms with Crippen LogP contribution in [0.4, 0.5) is 0 Å². The Morgan fingerprint density at radius 1 is 1.04 bits per heavy atom. The number of hydrogen-bond acceptors (Lipinski definition) is 4. The zero-order chi connectivity index (χ0) is 18.7. The van der Waals surface area contributed by atoms with Crippen LogP contribution >= 0.6 is 0 Å². The van der Waals surface area contributed by atoms with Crippen LogP contribution in [0.3, 0.4) is 0 Å². The molecule has 26 heavy (non-hydrogen) atoms. The summed E-state index contributed by atoms with van der Waals surface area (Å²) < 4.78 is 38.7. The summed E-state index contributed by atoms with van der Waals surface area (Å²) in [6.07, 6.45) is 9.41. The van der Waals surface area contributed by atoms with Gasteiger partial charge in [-0.25, -0.2) is 8.42 Å². The van der Waals surface area contributed by atoms with Crippen molar-refractivity contribution in [3.05, 3.63) is 29.3 Å². The third-order valence-corrected chi connectivity index (χ3v) is 5.74. The van der Waals surface area contributed by atoms with Gasteiger partial charge in [0.05, 0.1) is 16.7 Å². The fourth-order valence-electron chi connectivity index (χ4n) is 2.75. The van der Waals surface area contributed by atoms with E-state index in [1.165, 1.54) is 50.2 Å². The Morgan fingerprint density at radius 2 is 1.65 bits per heavy atom. The van der Waals surface area contributed by atoms with E-state index in [1.54, 1.807) is 0 Å². The quantitative estimate of drug-likeness (QED) is 0.292. The van der Waals surface area contributed by atoms with Gasteiger partial charge in [0, 0.05) is 5.25 Å². The van der Waals surface area contributed by atoms with Crippen molar-refractivity contribution in [2.75, 3.05) is 6.61 Å². The summed E-state index contributed by atoms with van der Waals surface area (Å²) >= 11 is 0. The first-order chi connectivity index (χ1) is 11.9. The van der Waals surface area contributed by atoms with Crippen LogP contribution < -0.4 is 34.3 Å². The Kier molecular flexibility index (Phi) is 14.0. The first-order valence-electron chi connectivity index (χ1n) is 9.57. The second kappa shape index (κ2) is 14.0. The number of benzene rings is 1. The minimum absolute atomic E-state index is 0. The normalized spacial score (nSPS) is 12.5. The van der Waals surface area contributed by atoms with Crippen molar-refractivity contribution in [3.8, 4) is 5.75 Å². The van der Waals surface area contributed by atoms with Crippen molar-refractivity contribution >= 4 is 10.1 Å². The molecule has 1 unspecified atom stereocenters. The van der Waals surface area contributed by atoms with Crippen LogP contribution in [0.25, 0.3) is 0 Å². The molecule has 0 aliphatic rings. The van der Waals surface area contributed by atoms with E-state index >= 15 is 0 Å². The summed E-state index contributed by atoms with van der Waals surface area (Å²) in [6.45, 7) is 6.07. The van der Waals surface area contributed by atoms with E-state index in [9.17, 15) is 13.0 Å². The van der Waals surface area contributed by atoms with Gasteiger partial charge in [0.15, 0.2) is 0 Å². The molecule has 0 saturated heterocycles. The molecule has 144 valence electrons. The molecule has 0 aromatic heterocycles. The van der Waals surface area contributed by atoms with E-state index < -0.39 is 15.4 Å². The molecule has 0 heterocycles. The van der Waals surface area contributed by atoms with E-state index in [4.69, 9.17) is 4.74 Å². The standard InChI is InChI=1S/C20H34O4S.Na/c1-4-6-8-10-18-12-13-20(19(16-18)11-9-7-5-2)24-15-14-17(3)25(21,22)23;/h12-13,16-17H,4-11,14-15H2,1-3H3,(H,21,22,23);/q;+1/p-1. The summed E-state index contributed by atoms with van der Waals surface area (Å²) in [5, 5.41) is -0.913.